The first-order chi connectivity index (χ1) is 6.69. The molecule has 0 aliphatic heterocycles. The van der Waals surface area contributed by atoms with Crippen LogP contribution in [-0.2, 0) is 6.42 Å². The van der Waals surface area contributed by atoms with E-state index >= 15 is 0 Å². The van der Waals surface area contributed by atoms with Crippen molar-refractivity contribution in [2.75, 3.05) is 13.7 Å². The van der Waals surface area contributed by atoms with E-state index in [9.17, 15) is 8.78 Å². The minimum Gasteiger partial charge on any atom is -0.496 e. The summed E-state index contributed by atoms with van der Waals surface area (Å²) in [5, 5.41) is 8.60. The van der Waals surface area contributed by atoms with E-state index < -0.39 is 11.6 Å². The number of ether oxygens (including phenoxy) is 1. The molecule has 1 N–H and O–H groups in total. The first-order valence-electron chi connectivity index (χ1n) is 4.31. The van der Waals surface area contributed by atoms with Crippen LogP contribution >= 0.6 is 0 Å². The second-order valence-corrected chi connectivity index (χ2v) is 2.90. The van der Waals surface area contributed by atoms with E-state index in [1.807, 2.05) is 0 Å². The number of hydrogen-bond donors (Lipinski definition) is 1. The lowest BCUT2D eigenvalue weighted by atomic mass is 10.1. The molecule has 0 amide bonds. The molecule has 1 rings (SSSR count). The summed E-state index contributed by atoms with van der Waals surface area (Å²) in [4.78, 5) is 0. The van der Waals surface area contributed by atoms with Crippen molar-refractivity contribution in [3.63, 3.8) is 0 Å². The Bertz CT molecular complexity index is 313. The van der Waals surface area contributed by atoms with Crippen LogP contribution in [0.5, 0.6) is 5.75 Å². The van der Waals surface area contributed by atoms with Crippen LogP contribution in [0.3, 0.4) is 0 Å². The minimum absolute atomic E-state index is 0.0278. The monoisotopic (exact) mass is 202 g/mol. The van der Waals surface area contributed by atoms with Gasteiger partial charge in [-0.2, -0.15) is 0 Å². The van der Waals surface area contributed by atoms with E-state index in [1.165, 1.54) is 7.11 Å². The first kappa shape index (κ1) is 10.9. The molecule has 0 aromatic heterocycles. The number of halogens is 2. The third-order valence-corrected chi connectivity index (χ3v) is 1.92. The molecule has 4 heteroatoms. The maximum atomic E-state index is 13.2. The highest BCUT2D eigenvalue weighted by molar-refractivity contribution is 5.35. The molecule has 0 atom stereocenters. The number of aliphatic hydroxyl groups excluding tert-OH is 1. The average molecular weight is 202 g/mol. The van der Waals surface area contributed by atoms with E-state index in [0.717, 1.165) is 12.1 Å². The van der Waals surface area contributed by atoms with E-state index in [2.05, 4.69) is 0 Å². The number of aliphatic hydroxyl groups is 1. The molecule has 0 bridgehead atoms. The Balaban J connectivity index is 2.99. The summed E-state index contributed by atoms with van der Waals surface area (Å²) in [5.41, 5.74) is 0.308. The van der Waals surface area contributed by atoms with Gasteiger partial charge in [0.1, 0.15) is 17.4 Å². The van der Waals surface area contributed by atoms with Gasteiger partial charge < -0.3 is 9.84 Å². The van der Waals surface area contributed by atoms with Gasteiger partial charge >= 0.3 is 0 Å². The second kappa shape index (κ2) is 4.91. The lowest BCUT2D eigenvalue weighted by Crippen LogP contribution is -1.99. The summed E-state index contributed by atoms with van der Waals surface area (Å²) in [5.74, 6) is -1.10. The maximum Gasteiger partial charge on any atom is 0.133 e. The summed E-state index contributed by atoms with van der Waals surface area (Å²) in [6.07, 6.45) is 0.769. The Labute approximate surface area is 81.1 Å². The normalized spacial score (nSPS) is 10.3. The van der Waals surface area contributed by atoms with Crippen LogP contribution in [0, 0.1) is 11.6 Å². The van der Waals surface area contributed by atoms with Gasteiger partial charge in [-0.3, -0.25) is 0 Å². The van der Waals surface area contributed by atoms with Gasteiger partial charge in [0.05, 0.1) is 7.11 Å². The fourth-order valence-electron chi connectivity index (χ4n) is 1.26. The Hall–Kier alpha value is -1.16. The molecule has 1 aromatic rings. The van der Waals surface area contributed by atoms with Gasteiger partial charge in [-0.1, -0.05) is 0 Å². The molecule has 0 spiro atoms. The number of rotatable bonds is 4. The summed E-state index contributed by atoms with van der Waals surface area (Å²) in [6.45, 7) is -0.0278. The van der Waals surface area contributed by atoms with Gasteiger partial charge in [-0.05, 0) is 12.8 Å². The summed E-state index contributed by atoms with van der Waals surface area (Å²) < 4.78 is 30.8. The third-order valence-electron chi connectivity index (χ3n) is 1.92. The molecule has 0 aliphatic rings. The predicted molar refractivity (Wildman–Crippen MR) is 48.3 cm³/mol. The van der Waals surface area contributed by atoms with E-state index in [0.29, 0.717) is 18.4 Å². The fourth-order valence-corrected chi connectivity index (χ4v) is 1.26. The molecule has 0 heterocycles. The van der Waals surface area contributed by atoms with E-state index in [1.54, 1.807) is 0 Å². The number of benzene rings is 1. The largest absolute Gasteiger partial charge is 0.496 e. The Kier molecular flexibility index (Phi) is 3.83. The van der Waals surface area contributed by atoms with Crippen LogP contribution in [0.15, 0.2) is 12.1 Å². The van der Waals surface area contributed by atoms with Gasteiger partial charge in [0, 0.05) is 24.3 Å². The highest BCUT2D eigenvalue weighted by Crippen LogP contribution is 2.24. The molecule has 0 saturated carbocycles. The lowest BCUT2D eigenvalue weighted by Gasteiger charge is -2.08. The van der Waals surface area contributed by atoms with Crippen LogP contribution in [0.25, 0.3) is 0 Å². The molecule has 2 nitrogen and oxygen atoms in total. The Morgan fingerprint density at radius 1 is 1.36 bits per heavy atom. The van der Waals surface area contributed by atoms with Gasteiger partial charge in [0.25, 0.3) is 0 Å². The van der Waals surface area contributed by atoms with Crippen LogP contribution < -0.4 is 4.74 Å². The second-order valence-electron chi connectivity index (χ2n) is 2.90. The lowest BCUT2D eigenvalue weighted by molar-refractivity contribution is 0.287. The van der Waals surface area contributed by atoms with Crippen LogP contribution in [0.2, 0.25) is 0 Å². The molecule has 1 aromatic carbocycles. The molecule has 0 aliphatic carbocycles. The van der Waals surface area contributed by atoms with Crippen molar-refractivity contribution in [1.29, 1.82) is 0 Å². The van der Waals surface area contributed by atoms with Gasteiger partial charge in [0.15, 0.2) is 0 Å². The SMILES string of the molecule is COc1cc(F)cc(F)c1CCCO. The van der Waals surface area contributed by atoms with E-state index in [-0.39, 0.29) is 12.4 Å². The molecule has 0 radical (unpaired) electrons. The van der Waals surface area contributed by atoms with Crippen molar-refractivity contribution in [2.24, 2.45) is 0 Å². The molecular formula is C10H12F2O2. The number of methoxy groups -OCH3 is 1. The van der Waals surface area contributed by atoms with Crippen LogP contribution in [0.1, 0.15) is 12.0 Å². The maximum absolute atomic E-state index is 13.2. The highest BCUT2D eigenvalue weighted by atomic mass is 19.1. The molecule has 14 heavy (non-hydrogen) atoms. The zero-order valence-electron chi connectivity index (χ0n) is 7.89. The topological polar surface area (TPSA) is 29.5 Å². The summed E-state index contributed by atoms with van der Waals surface area (Å²) in [6, 6.07) is 1.95. The first-order valence-corrected chi connectivity index (χ1v) is 4.31. The van der Waals surface area contributed by atoms with Crippen molar-refractivity contribution in [1.82, 2.24) is 0 Å². The third kappa shape index (κ3) is 2.42. The van der Waals surface area contributed by atoms with Crippen molar-refractivity contribution in [3.8, 4) is 5.75 Å². The Morgan fingerprint density at radius 2 is 2.07 bits per heavy atom. The fraction of sp³-hybridized carbons (Fsp3) is 0.400. The molecule has 78 valence electrons. The zero-order chi connectivity index (χ0) is 10.6. The van der Waals surface area contributed by atoms with Gasteiger partial charge in [-0.25, -0.2) is 8.78 Å². The van der Waals surface area contributed by atoms with Crippen LogP contribution in [-0.4, -0.2) is 18.8 Å². The summed E-state index contributed by atoms with van der Waals surface area (Å²) in [7, 11) is 1.36. The molecule has 0 saturated heterocycles. The van der Waals surface area contributed by atoms with E-state index in [4.69, 9.17) is 9.84 Å². The highest BCUT2D eigenvalue weighted by Gasteiger charge is 2.11. The smallest absolute Gasteiger partial charge is 0.133 e. The van der Waals surface area contributed by atoms with Crippen LogP contribution in [0.4, 0.5) is 8.78 Å². The quantitative estimate of drug-likeness (QED) is 0.808. The van der Waals surface area contributed by atoms with Crippen molar-refractivity contribution < 1.29 is 18.6 Å². The Morgan fingerprint density at radius 3 is 2.64 bits per heavy atom. The zero-order valence-corrected chi connectivity index (χ0v) is 7.89. The van der Waals surface area contributed by atoms with Crippen molar-refractivity contribution in [2.45, 2.75) is 12.8 Å². The van der Waals surface area contributed by atoms with Gasteiger partial charge in [0.2, 0.25) is 0 Å². The molecular weight excluding hydrogens is 190 g/mol. The van der Waals surface area contributed by atoms with Crippen molar-refractivity contribution >= 4 is 0 Å². The average Bonchev–Trinajstić information content (AvgIpc) is 2.15. The minimum atomic E-state index is -0.660. The number of hydrogen-bond acceptors (Lipinski definition) is 2. The standard InChI is InChI=1S/C10H12F2O2/c1-14-10-6-7(11)5-9(12)8(10)3-2-4-13/h5-6,13H,2-4H2,1H3. The predicted octanol–water partition coefficient (Wildman–Crippen LogP) is 1.90. The molecule has 0 unspecified atom stereocenters. The summed E-state index contributed by atoms with van der Waals surface area (Å²) >= 11 is 0. The molecule has 0 fully saturated rings. The van der Waals surface area contributed by atoms with Gasteiger partial charge in [-0.15, -0.1) is 0 Å². The van der Waals surface area contributed by atoms with Crippen molar-refractivity contribution in [3.05, 3.63) is 29.3 Å².